The maximum absolute atomic E-state index is 5.76. The van der Waals surface area contributed by atoms with Gasteiger partial charge in [-0.2, -0.15) is 0 Å². The lowest BCUT2D eigenvalue weighted by molar-refractivity contribution is 0.305. The SMILES string of the molecule is CN1CCCC1c1ncc2cc(N)ccn12. The molecule has 3 heterocycles. The Kier molecular flexibility index (Phi) is 2.11. The summed E-state index contributed by atoms with van der Waals surface area (Å²) in [6.07, 6.45) is 6.36. The number of nitrogen functional groups attached to an aromatic ring is 1. The molecular formula is C12H16N4. The second-order valence-electron chi connectivity index (χ2n) is 4.51. The van der Waals surface area contributed by atoms with Crippen molar-refractivity contribution in [2.75, 3.05) is 19.3 Å². The molecule has 3 rings (SSSR count). The van der Waals surface area contributed by atoms with Crippen LogP contribution in [0.4, 0.5) is 5.69 Å². The van der Waals surface area contributed by atoms with Crippen LogP contribution in [0, 0.1) is 0 Å². The third-order valence-corrected chi connectivity index (χ3v) is 3.40. The van der Waals surface area contributed by atoms with Crippen LogP contribution >= 0.6 is 0 Å². The van der Waals surface area contributed by atoms with Crippen LogP contribution in [0.3, 0.4) is 0 Å². The Hall–Kier alpha value is -1.55. The second kappa shape index (κ2) is 3.49. The van der Waals surface area contributed by atoms with Gasteiger partial charge in [0.15, 0.2) is 0 Å². The fraction of sp³-hybridized carbons (Fsp3) is 0.417. The number of anilines is 1. The highest BCUT2D eigenvalue weighted by Crippen LogP contribution is 2.29. The van der Waals surface area contributed by atoms with E-state index < -0.39 is 0 Å². The summed E-state index contributed by atoms with van der Waals surface area (Å²) in [5, 5.41) is 0. The highest BCUT2D eigenvalue weighted by Gasteiger charge is 2.25. The molecule has 4 heteroatoms. The fourth-order valence-electron chi connectivity index (χ4n) is 2.52. The maximum Gasteiger partial charge on any atom is 0.130 e. The van der Waals surface area contributed by atoms with Crippen molar-refractivity contribution in [1.29, 1.82) is 0 Å². The summed E-state index contributed by atoms with van der Waals surface area (Å²) in [6.45, 7) is 1.16. The molecule has 1 aliphatic rings. The van der Waals surface area contributed by atoms with Crippen molar-refractivity contribution in [3.63, 3.8) is 0 Å². The molecule has 1 fully saturated rings. The van der Waals surface area contributed by atoms with Crippen molar-refractivity contribution >= 4 is 11.2 Å². The minimum absolute atomic E-state index is 0.450. The van der Waals surface area contributed by atoms with Gasteiger partial charge in [-0.25, -0.2) is 4.98 Å². The van der Waals surface area contributed by atoms with Crippen molar-refractivity contribution in [1.82, 2.24) is 14.3 Å². The van der Waals surface area contributed by atoms with Gasteiger partial charge in [0.25, 0.3) is 0 Å². The third kappa shape index (κ3) is 1.38. The number of hydrogen-bond donors (Lipinski definition) is 1. The summed E-state index contributed by atoms with van der Waals surface area (Å²) in [5.41, 5.74) is 7.63. The number of pyridine rings is 1. The number of rotatable bonds is 1. The zero-order valence-corrected chi connectivity index (χ0v) is 9.43. The average molecular weight is 216 g/mol. The van der Waals surface area contributed by atoms with Gasteiger partial charge in [0.05, 0.1) is 17.8 Å². The molecule has 2 aromatic rings. The molecule has 1 aliphatic heterocycles. The van der Waals surface area contributed by atoms with Gasteiger partial charge >= 0.3 is 0 Å². The Bertz CT molecular complexity index is 517. The first kappa shape index (κ1) is 9.66. The number of likely N-dealkylation sites (tertiary alicyclic amines) is 1. The average Bonchev–Trinajstić information content (AvgIpc) is 2.83. The van der Waals surface area contributed by atoms with E-state index in [1.165, 1.54) is 12.8 Å². The molecule has 0 aromatic carbocycles. The van der Waals surface area contributed by atoms with E-state index in [-0.39, 0.29) is 0 Å². The topological polar surface area (TPSA) is 46.6 Å². The minimum Gasteiger partial charge on any atom is -0.399 e. The first-order valence-corrected chi connectivity index (χ1v) is 5.68. The third-order valence-electron chi connectivity index (χ3n) is 3.40. The molecule has 0 aliphatic carbocycles. The predicted molar refractivity (Wildman–Crippen MR) is 64.2 cm³/mol. The van der Waals surface area contributed by atoms with Gasteiger partial charge in [-0.15, -0.1) is 0 Å². The van der Waals surface area contributed by atoms with Crippen LogP contribution in [-0.2, 0) is 0 Å². The molecular weight excluding hydrogens is 200 g/mol. The van der Waals surface area contributed by atoms with E-state index in [1.54, 1.807) is 0 Å². The molecule has 1 atom stereocenters. The van der Waals surface area contributed by atoms with E-state index in [2.05, 4.69) is 21.3 Å². The summed E-state index contributed by atoms with van der Waals surface area (Å²) < 4.78 is 2.14. The second-order valence-corrected chi connectivity index (χ2v) is 4.51. The number of nitrogens with two attached hydrogens (primary N) is 1. The van der Waals surface area contributed by atoms with Crippen LogP contribution in [0.1, 0.15) is 24.7 Å². The maximum atomic E-state index is 5.76. The van der Waals surface area contributed by atoms with Gasteiger partial charge in [-0.1, -0.05) is 0 Å². The molecule has 1 unspecified atom stereocenters. The van der Waals surface area contributed by atoms with E-state index in [1.807, 2.05) is 24.5 Å². The van der Waals surface area contributed by atoms with Crippen LogP contribution in [0.25, 0.3) is 5.52 Å². The summed E-state index contributed by atoms with van der Waals surface area (Å²) in [4.78, 5) is 6.90. The van der Waals surface area contributed by atoms with Gasteiger partial charge in [0.1, 0.15) is 5.82 Å². The molecule has 16 heavy (non-hydrogen) atoms. The van der Waals surface area contributed by atoms with Gasteiger partial charge in [0, 0.05) is 11.9 Å². The lowest BCUT2D eigenvalue weighted by Crippen LogP contribution is -2.19. The van der Waals surface area contributed by atoms with Crippen LogP contribution in [0.5, 0.6) is 0 Å². The molecule has 0 spiro atoms. The van der Waals surface area contributed by atoms with Crippen molar-refractivity contribution in [2.45, 2.75) is 18.9 Å². The zero-order chi connectivity index (χ0) is 11.1. The molecule has 84 valence electrons. The summed E-state index contributed by atoms with van der Waals surface area (Å²) in [6, 6.07) is 4.34. The lowest BCUT2D eigenvalue weighted by atomic mass is 10.2. The largest absolute Gasteiger partial charge is 0.399 e. The number of aromatic nitrogens is 2. The van der Waals surface area contributed by atoms with Crippen molar-refractivity contribution in [3.05, 3.63) is 30.4 Å². The number of fused-ring (bicyclic) bond motifs is 1. The van der Waals surface area contributed by atoms with Gasteiger partial charge in [-0.05, 0) is 38.6 Å². The fourth-order valence-corrected chi connectivity index (χ4v) is 2.52. The van der Waals surface area contributed by atoms with Crippen LogP contribution in [-0.4, -0.2) is 27.9 Å². The molecule has 0 saturated carbocycles. The van der Waals surface area contributed by atoms with Gasteiger partial charge in [-0.3, -0.25) is 4.90 Å². The van der Waals surface area contributed by atoms with E-state index >= 15 is 0 Å². The molecule has 2 N–H and O–H groups in total. The molecule has 2 aromatic heterocycles. The Morgan fingerprint density at radius 1 is 1.50 bits per heavy atom. The molecule has 4 nitrogen and oxygen atoms in total. The number of hydrogen-bond acceptors (Lipinski definition) is 3. The molecule has 0 radical (unpaired) electrons. The quantitative estimate of drug-likeness (QED) is 0.789. The standard InChI is InChI=1S/C12H16N4/c1-15-5-2-3-11(15)12-14-8-10-7-9(13)4-6-16(10)12/h4,6-8,11H,2-3,5,13H2,1H3. The predicted octanol–water partition coefficient (Wildman–Crippen LogP) is 1.68. The smallest absolute Gasteiger partial charge is 0.130 e. The van der Waals surface area contributed by atoms with E-state index in [9.17, 15) is 0 Å². The first-order chi connectivity index (χ1) is 7.75. The Morgan fingerprint density at radius 2 is 2.38 bits per heavy atom. The van der Waals surface area contributed by atoms with Gasteiger partial charge in [0.2, 0.25) is 0 Å². The molecule has 0 bridgehead atoms. The summed E-state index contributed by atoms with van der Waals surface area (Å²) >= 11 is 0. The highest BCUT2D eigenvalue weighted by atomic mass is 15.2. The summed E-state index contributed by atoms with van der Waals surface area (Å²) in [7, 11) is 2.16. The normalized spacial score (nSPS) is 21.9. The highest BCUT2D eigenvalue weighted by molar-refractivity contribution is 5.56. The van der Waals surface area contributed by atoms with Crippen LogP contribution < -0.4 is 5.73 Å². The van der Waals surface area contributed by atoms with E-state index in [0.29, 0.717) is 6.04 Å². The van der Waals surface area contributed by atoms with Crippen molar-refractivity contribution in [2.24, 2.45) is 0 Å². The van der Waals surface area contributed by atoms with Crippen LogP contribution in [0.15, 0.2) is 24.5 Å². The molecule has 1 saturated heterocycles. The van der Waals surface area contributed by atoms with Crippen LogP contribution in [0.2, 0.25) is 0 Å². The molecule has 0 amide bonds. The van der Waals surface area contributed by atoms with E-state index in [0.717, 1.165) is 23.6 Å². The Balaban J connectivity index is 2.10. The van der Waals surface area contributed by atoms with Gasteiger partial charge < -0.3 is 10.1 Å². The lowest BCUT2D eigenvalue weighted by Gasteiger charge is -2.18. The van der Waals surface area contributed by atoms with Crippen molar-refractivity contribution < 1.29 is 0 Å². The minimum atomic E-state index is 0.450. The monoisotopic (exact) mass is 216 g/mol. The summed E-state index contributed by atoms with van der Waals surface area (Å²) in [5.74, 6) is 1.13. The zero-order valence-electron chi connectivity index (χ0n) is 9.43. The number of imidazole rings is 1. The van der Waals surface area contributed by atoms with E-state index in [4.69, 9.17) is 5.73 Å². The Morgan fingerprint density at radius 3 is 3.12 bits per heavy atom. The first-order valence-electron chi connectivity index (χ1n) is 5.68. The Labute approximate surface area is 94.7 Å². The van der Waals surface area contributed by atoms with Crippen molar-refractivity contribution in [3.8, 4) is 0 Å². The number of nitrogens with zero attached hydrogens (tertiary/aromatic N) is 3.